The molecule has 1 aliphatic heterocycles. The van der Waals surface area contributed by atoms with Gasteiger partial charge in [0, 0.05) is 24.7 Å². The van der Waals surface area contributed by atoms with Crippen LogP contribution in [0.3, 0.4) is 0 Å². The van der Waals surface area contributed by atoms with E-state index in [1.165, 1.54) is 0 Å². The molecular formula is C14H20N2O3. The van der Waals surface area contributed by atoms with Gasteiger partial charge in [-0.15, -0.1) is 0 Å². The summed E-state index contributed by atoms with van der Waals surface area (Å²) in [6.07, 6.45) is 0.882. The third-order valence-electron chi connectivity index (χ3n) is 2.87. The molecule has 19 heavy (non-hydrogen) atoms. The number of hydrogen-bond acceptors (Lipinski definition) is 4. The summed E-state index contributed by atoms with van der Waals surface area (Å²) in [7, 11) is 0. The minimum atomic E-state index is -0.287. The highest BCUT2D eigenvalue weighted by Crippen LogP contribution is 2.32. The topological polar surface area (TPSA) is 59.6 Å². The summed E-state index contributed by atoms with van der Waals surface area (Å²) < 4.78 is 11.2. The number of rotatable bonds is 4. The lowest BCUT2D eigenvalue weighted by atomic mass is 10.2. The van der Waals surface area contributed by atoms with E-state index in [-0.39, 0.29) is 11.9 Å². The first-order valence-corrected chi connectivity index (χ1v) is 6.64. The number of benzene rings is 1. The lowest BCUT2D eigenvalue weighted by Crippen LogP contribution is -2.37. The summed E-state index contributed by atoms with van der Waals surface area (Å²) in [6.45, 7) is 5.69. The summed E-state index contributed by atoms with van der Waals surface area (Å²) in [5.41, 5.74) is 0.850. The van der Waals surface area contributed by atoms with Crippen molar-refractivity contribution in [1.82, 2.24) is 5.32 Å². The maximum atomic E-state index is 11.7. The molecule has 0 bridgehead atoms. The number of hydrogen-bond donors (Lipinski definition) is 2. The third kappa shape index (κ3) is 3.53. The van der Waals surface area contributed by atoms with Crippen LogP contribution in [0.15, 0.2) is 18.2 Å². The second kappa shape index (κ2) is 6.31. The molecule has 104 valence electrons. The van der Waals surface area contributed by atoms with Gasteiger partial charge in [-0.25, -0.2) is 0 Å². The molecule has 1 aromatic carbocycles. The fourth-order valence-electron chi connectivity index (χ4n) is 1.90. The number of ether oxygens (including phenoxy) is 2. The van der Waals surface area contributed by atoms with Gasteiger partial charge in [-0.3, -0.25) is 4.79 Å². The van der Waals surface area contributed by atoms with Crippen LogP contribution in [0.4, 0.5) is 5.69 Å². The largest absolute Gasteiger partial charge is 0.490 e. The molecule has 0 aliphatic carbocycles. The number of likely N-dealkylation sites (N-methyl/N-ethyl adjacent to an activating group) is 1. The van der Waals surface area contributed by atoms with Crippen molar-refractivity contribution in [3.63, 3.8) is 0 Å². The normalized spacial score (nSPS) is 15.3. The smallest absolute Gasteiger partial charge is 0.242 e. The Hall–Kier alpha value is -1.91. The molecule has 0 fully saturated rings. The van der Waals surface area contributed by atoms with Gasteiger partial charge in [0.2, 0.25) is 5.91 Å². The van der Waals surface area contributed by atoms with Crippen molar-refractivity contribution in [3.05, 3.63) is 18.2 Å². The highest BCUT2D eigenvalue weighted by atomic mass is 16.5. The Morgan fingerprint density at radius 3 is 2.79 bits per heavy atom. The van der Waals surface area contributed by atoms with Gasteiger partial charge in [0.25, 0.3) is 0 Å². The van der Waals surface area contributed by atoms with Crippen LogP contribution in [-0.4, -0.2) is 31.7 Å². The van der Waals surface area contributed by atoms with Crippen molar-refractivity contribution in [3.8, 4) is 11.5 Å². The minimum absolute atomic E-state index is 0.0189. The van der Waals surface area contributed by atoms with Crippen LogP contribution < -0.4 is 20.1 Å². The first-order valence-electron chi connectivity index (χ1n) is 6.64. The second-order valence-electron chi connectivity index (χ2n) is 4.47. The third-order valence-corrected chi connectivity index (χ3v) is 2.87. The maximum absolute atomic E-state index is 11.7. The first-order chi connectivity index (χ1) is 9.20. The SMILES string of the molecule is CCNC(=O)C(C)Nc1ccc2c(c1)OCCCO2. The standard InChI is InChI=1S/C14H20N2O3/c1-3-15-14(17)10(2)16-11-5-6-12-13(9-11)19-8-4-7-18-12/h5-6,9-10,16H,3-4,7-8H2,1-2H3,(H,15,17). The van der Waals surface area contributed by atoms with E-state index in [1.54, 1.807) is 0 Å². The minimum Gasteiger partial charge on any atom is -0.490 e. The van der Waals surface area contributed by atoms with E-state index in [0.29, 0.717) is 19.8 Å². The molecular weight excluding hydrogens is 244 g/mol. The zero-order valence-electron chi connectivity index (χ0n) is 11.4. The maximum Gasteiger partial charge on any atom is 0.242 e. The van der Waals surface area contributed by atoms with Crippen molar-refractivity contribution >= 4 is 11.6 Å². The molecule has 0 saturated carbocycles. The Morgan fingerprint density at radius 2 is 2.05 bits per heavy atom. The van der Waals surface area contributed by atoms with E-state index >= 15 is 0 Å². The zero-order chi connectivity index (χ0) is 13.7. The van der Waals surface area contributed by atoms with Gasteiger partial charge in [-0.05, 0) is 26.0 Å². The first kappa shape index (κ1) is 13.5. The van der Waals surface area contributed by atoms with Crippen molar-refractivity contribution in [2.45, 2.75) is 26.3 Å². The molecule has 2 rings (SSSR count). The number of nitrogens with one attached hydrogen (secondary N) is 2. The quantitative estimate of drug-likeness (QED) is 0.870. The molecule has 0 spiro atoms. The number of carbonyl (C=O) groups excluding carboxylic acids is 1. The summed E-state index contributed by atoms with van der Waals surface area (Å²) in [5.74, 6) is 1.47. The lowest BCUT2D eigenvalue weighted by molar-refractivity contribution is -0.121. The van der Waals surface area contributed by atoms with Gasteiger partial charge >= 0.3 is 0 Å². The molecule has 1 heterocycles. The molecule has 0 saturated heterocycles. The van der Waals surface area contributed by atoms with Gasteiger partial charge in [-0.1, -0.05) is 0 Å². The van der Waals surface area contributed by atoms with Crippen LogP contribution in [0, 0.1) is 0 Å². The molecule has 1 amide bonds. The van der Waals surface area contributed by atoms with E-state index in [0.717, 1.165) is 23.6 Å². The monoisotopic (exact) mass is 264 g/mol. The average molecular weight is 264 g/mol. The molecule has 0 radical (unpaired) electrons. The highest BCUT2D eigenvalue weighted by molar-refractivity contribution is 5.84. The van der Waals surface area contributed by atoms with E-state index in [2.05, 4.69) is 10.6 Å². The fraction of sp³-hybridized carbons (Fsp3) is 0.500. The molecule has 1 unspecified atom stereocenters. The van der Waals surface area contributed by atoms with Crippen LogP contribution in [-0.2, 0) is 4.79 Å². The van der Waals surface area contributed by atoms with Crippen LogP contribution in [0.25, 0.3) is 0 Å². The Balaban J connectivity index is 2.05. The van der Waals surface area contributed by atoms with Crippen molar-refractivity contribution in [2.75, 3.05) is 25.1 Å². The molecule has 0 aromatic heterocycles. The van der Waals surface area contributed by atoms with Crippen molar-refractivity contribution < 1.29 is 14.3 Å². The number of carbonyl (C=O) groups is 1. The van der Waals surface area contributed by atoms with Gasteiger partial charge in [0.1, 0.15) is 6.04 Å². The van der Waals surface area contributed by atoms with Gasteiger partial charge in [0.05, 0.1) is 13.2 Å². The average Bonchev–Trinajstić information content (AvgIpc) is 2.63. The number of anilines is 1. The Kier molecular flexibility index (Phi) is 4.49. The van der Waals surface area contributed by atoms with Gasteiger partial charge < -0.3 is 20.1 Å². The predicted molar refractivity (Wildman–Crippen MR) is 73.8 cm³/mol. The Bertz CT molecular complexity index is 448. The van der Waals surface area contributed by atoms with E-state index < -0.39 is 0 Å². The summed E-state index contributed by atoms with van der Waals surface area (Å²) in [5, 5.41) is 5.93. The van der Waals surface area contributed by atoms with Gasteiger partial charge in [0.15, 0.2) is 11.5 Å². The molecule has 1 atom stereocenters. The number of fused-ring (bicyclic) bond motifs is 1. The molecule has 5 heteroatoms. The van der Waals surface area contributed by atoms with Crippen LogP contribution >= 0.6 is 0 Å². The van der Waals surface area contributed by atoms with Crippen molar-refractivity contribution in [2.24, 2.45) is 0 Å². The van der Waals surface area contributed by atoms with Crippen LogP contribution in [0.5, 0.6) is 11.5 Å². The summed E-state index contributed by atoms with van der Waals surface area (Å²) >= 11 is 0. The Labute approximate surface area is 113 Å². The Morgan fingerprint density at radius 1 is 1.32 bits per heavy atom. The van der Waals surface area contributed by atoms with E-state index in [4.69, 9.17) is 9.47 Å². The fourth-order valence-corrected chi connectivity index (χ4v) is 1.90. The molecule has 1 aromatic rings. The van der Waals surface area contributed by atoms with E-state index in [1.807, 2.05) is 32.0 Å². The lowest BCUT2D eigenvalue weighted by Gasteiger charge is -2.16. The summed E-state index contributed by atoms with van der Waals surface area (Å²) in [6, 6.07) is 5.34. The van der Waals surface area contributed by atoms with Gasteiger partial charge in [-0.2, -0.15) is 0 Å². The molecule has 5 nitrogen and oxygen atoms in total. The molecule has 2 N–H and O–H groups in total. The highest BCUT2D eigenvalue weighted by Gasteiger charge is 2.14. The number of amides is 1. The van der Waals surface area contributed by atoms with E-state index in [9.17, 15) is 4.79 Å². The van der Waals surface area contributed by atoms with Crippen molar-refractivity contribution in [1.29, 1.82) is 0 Å². The molecule has 1 aliphatic rings. The second-order valence-corrected chi connectivity index (χ2v) is 4.47. The van der Waals surface area contributed by atoms with Crippen LogP contribution in [0.2, 0.25) is 0 Å². The van der Waals surface area contributed by atoms with Crippen LogP contribution in [0.1, 0.15) is 20.3 Å². The summed E-state index contributed by atoms with van der Waals surface area (Å²) in [4.78, 5) is 11.7. The predicted octanol–water partition coefficient (Wildman–Crippen LogP) is 1.78. The zero-order valence-corrected chi connectivity index (χ0v) is 11.4.